The molecule has 9 heteroatoms. The number of amides is 1. The molecule has 3 rings (SSSR count). The average molecular weight is 433 g/mol. The summed E-state index contributed by atoms with van der Waals surface area (Å²) in [5, 5.41) is 3.33. The molecule has 0 fully saturated rings. The maximum atomic E-state index is 12.6. The van der Waals surface area contributed by atoms with Gasteiger partial charge in [-0.3, -0.25) is 4.79 Å². The minimum Gasteiger partial charge on any atom is -0.321 e. The summed E-state index contributed by atoms with van der Waals surface area (Å²) in [6.07, 6.45) is 3.09. The minimum absolute atomic E-state index is 0.228. The zero-order valence-corrected chi connectivity index (χ0v) is 17.6. The highest BCUT2D eigenvalue weighted by Gasteiger charge is 2.21. The van der Waals surface area contributed by atoms with Gasteiger partial charge in [0.15, 0.2) is 0 Å². The van der Waals surface area contributed by atoms with Gasteiger partial charge >= 0.3 is 0 Å². The van der Waals surface area contributed by atoms with Crippen molar-refractivity contribution in [2.75, 3.05) is 18.4 Å². The molecular weight excluding hydrogens is 412 g/mol. The summed E-state index contributed by atoms with van der Waals surface area (Å²) < 4.78 is 28.2. The monoisotopic (exact) mass is 432 g/mol. The second-order valence-electron chi connectivity index (χ2n) is 6.21. The number of carbonyl (C=O) groups excluding carboxylic acids is 1. The predicted octanol–water partition coefficient (Wildman–Crippen LogP) is 3.81. The third-order valence-corrected chi connectivity index (χ3v) is 6.71. The second-order valence-corrected chi connectivity index (χ2v) is 8.58. The maximum absolute atomic E-state index is 12.6. The van der Waals surface area contributed by atoms with Crippen molar-refractivity contribution in [2.24, 2.45) is 0 Å². The zero-order chi connectivity index (χ0) is 21.0. The molecule has 1 N–H and O–H groups in total. The van der Waals surface area contributed by atoms with Gasteiger partial charge in [0.05, 0.1) is 4.90 Å². The van der Waals surface area contributed by atoms with Crippen LogP contribution in [-0.2, 0) is 10.0 Å². The largest absolute Gasteiger partial charge is 0.321 e. The molecule has 1 aromatic heterocycles. The van der Waals surface area contributed by atoms with E-state index in [2.05, 4.69) is 10.3 Å². The normalized spacial score (nSPS) is 11.6. The van der Waals surface area contributed by atoms with E-state index in [9.17, 15) is 13.2 Å². The molecule has 0 saturated carbocycles. The molecule has 0 aliphatic carbocycles. The van der Waals surface area contributed by atoms with Gasteiger partial charge in [0.25, 0.3) is 5.91 Å². The van der Waals surface area contributed by atoms with Crippen LogP contribution in [0.4, 0.5) is 5.69 Å². The summed E-state index contributed by atoms with van der Waals surface area (Å²) in [6, 6.07) is 13.2. The van der Waals surface area contributed by atoms with Crippen LogP contribution in [0.1, 0.15) is 24.3 Å². The fourth-order valence-corrected chi connectivity index (χ4v) is 4.40. The standard InChI is InChI=1S/C20H21ClN4O3S/c1-3-25(4-2)29(27,28)18-11-9-17(10-12-18)24-13-19(22-14-24)20(26)23-16-7-5-15(21)6-8-16/h5-14H,3-4H2,1-2H3,(H,23,26). The van der Waals surface area contributed by atoms with Crippen molar-refractivity contribution in [3.05, 3.63) is 71.8 Å². The molecule has 0 spiro atoms. The first kappa shape index (κ1) is 21.0. The number of hydrogen-bond acceptors (Lipinski definition) is 4. The fraction of sp³-hybridized carbons (Fsp3) is 0.200. The lowest BCUT2D eigenvalue weighted by Crippen LogP contribution is -2.30. The third kappa shape index (κ3) is 4.67. The van der Waals surface area contributed by atoms with E-state index in [-0.39, 0.29) is 16.5 Å². The van der Waals surface area contributed by atoms with Crippen molar-refractivity contribution in [3.8, 4) is 5.69 Å². The van der Waals surface area contributed by atoms with Gasteiger partial charge in [-0.2, -0.15) is 4.31 Å². The van der Waals surface area contributed by atoms with Crippen LogP contribution in [0.5, 0.6) is 0 Å². The lowest BCUT2D eigenvalue weighted by molar-refractivity contribution is 0.102. The van der Waals surface area contributed by atoms with Crippen LogP contribution >= 0.6 is 11.6 Å². The Hall–Kier alpha value is -2.68. The first-order valence-electron chi connectivity index (χ1n) is 9.06. The molecule has 152 valence electrons. The molecule has 0 saturated heterocycles. The molecule has 0 radical (unpaired) electrons. The lowest BCUT2D eigenvalue weighted by atomic mass is 10.3. The van der Waals surface area contributed by atoms with Gasteiger partial charge in [0.2, 0.25) is 10.0 Å². The molecule has 29 heavy (non-hydrogen) atoms. The number of carbonyl (C=O) groups is 1. The summed E-state index contributed by atoms with van der Waals surface area (Å²) in [6.45, 7) is 4.43. The van der Waals surface area contributed by atoms with Crippen LogP contribution in [-0.4, -0.2) is 41.3 Å². The smallest absolute Gasteiger partial charge is 0.275 e. The van der Waals surface area contributed by atoms with Crippen LogP contribution in [0, 0.1) is 0 Å². The lowest BCUT2D eigenvalue weighted by Gasteiger charge is -2.18. The molecule has 3 aromatic rings. The summed E-state index contributed by atoms with van der Waals surface area (Å²) in [5.74, 6) is -0.355. The first-order chi connectivity index (χ1) is 13.8. The quantitative estimate of drug-likeness (QED) is 0.615. The van der Waals surface area contributed by atoms with E-state index in [1.165, 1.54) is 10.6 Å². The van der Waals surface area contributed by atoms with E-state index >= 15 is 0 Å². The Bertz CT molecular complexity index is 1090. The molecular formula is C20H21ClN4O3S. The van der Waals surface area contributed by atoms with Gasteiger partial charge in [-0.05, 0) is 48.5 Å². The van der Waals surface area contributed by atoms with Crippen molar-refractivity contribution >= 4 is 33.2 Å². The minimum atomic E-state index is -3.51. The molecule has 0 bridgehead atoms. The highest BCUT2D eigenvalue weighted by atomic mass is 35.5. The van der Waals surface area contributed by atoms with E-state index in [1.807, 2.05) is 0 Å². The molecule has 1 heterocycles. The summed E-state index contributed by atoms with van der Waals surface area (Å²) in [7, 11) is -3.51. The van der Waals surface area contributed by atoms with Gasteiger partial charge in [0.1, 0.15) is 12.0 Å². The van der Waals surface area contributed by atoms with Gasteiger partial charge in [-0.15, -0.1) is 0 Å². The van der Waals surface area contributed by atoms with Crippen molar-refractivity contribution < 1.29 is 13.2 Å². The fourth-order valence-electron chi connectivity index (χ4n) is 2.81. The summed E-state index contributed by atoms with van der Waals surface area (Å²) in [5.41, 5.74) is 1.54. The highest BCUT2D eigenvalue weighted by molar-refractivity contribution is 7.89. The first-order valence-corrected chi connectivity index (χ1v) is 10.9. The number of sulfonamides is 1. The molecule has 0 unspecified atom stereocenters. The number of imidazole rings is 1. The average Bonchev–Trinajstić information content (AvgIpc) is 3.21. The number of anilines is 1. The Kier molecular flexibility index (Phi) is 6.36. The Balaban J connectivity index is 1.76. The van der Waals surface area contributed by atoms with Crippen LogP contribution in [0.3, 0.4) is 0 Å². The highest BCUT2D eigenvalue weighted by Crippen LogP contribution is 2.19. The van der Waals surface area contributed by atoms with Gasteiger partial charge < -0.3 is 9.88 Å². The molecule has 7 nitrogen and oxygen atoms in total. The van der Waals surface area contributed by atoms with Crippen LogP contribution in [0.25, 0.3) is 5.69 Å². The topological polar surface area (TPSA) is 84.3 Å². The molecule has 0 aliphatic heterocycles. The Morgan fingerprint density at radius 3 is 2.28 bits per heavy atom. The van der Waals surface area contributed by atoms with E-state index in [1.54, 1.807) is 73.1 Å². The third-order valence-electron chi connectivity index (χ3n) is 4.40. The summed E-state index contributed by atoms with van der Waals surface area (Å²) >= 11 is 5.84. The SMILES string of the molecule is CCN(CC)S(=O)(=O)c1ccc(-n2cnc(C(=O)Nc3ccc(Cl)cc3)c2)cc1. The maximum Gasteiger partial charge on any atom is 0.275 e. The summed E-state index contributed by atoms with van der Waals surface area (Å²) in [4.78, 5) is 16.7. The number of aromatic nitrogens is 2. The van der Waals surface area contributed by atoms with Crippen molar-refractivity contribution in [2.45, 2.75) is 18.7 Å². The molecule has 2 aromatic carbocycles. The van der Waals surface area contributed by atoms with E-state index < -0.39 is 10.0 Å². The molecule has 0 atom stereocenters. The van der Waals surface area contributed by atoms with E-state index in [0.717, 1.165) is 0 Å². The Labute approximate surface area is 175 Å². The number of hydrogen-bond donors (Lipinski definition) is 1. The van der Waals surface area contributed by atoms with Crippen LogP contribution in [0.15, 0.2) is 66.0 Å². The van der Waals surface area contributed by atoms with Crippen molar-refractivity contribution in [3.63, 3.8) is 0 Å². The van der Waals surface area contributed by atoms with Crippen molar-refractivity contribution in [1.82, 2.24) is 13.9 Å². The zero-order valence-electron chi connectivity index (χ0n) is 16.0. The van der Waals surface area contributed by atoms with Gasteiger partial charge in [-0.25, -0.2) is 13.4 Å². The van der Waals surface area contributed by atoms with Crippen LogP contribution < -0.4 is 5.32 Å². The number of nitrogens with zero attached hydrogens (tertiary/aromatic N) is 3. The molecule has 0 aliphatic rings. The van der Waals surface area contributed by atoms with Crippen LogP contribution in [0.2, 0.25) is 5.02 Å². The number of halogens is 1. The Morgan fingerprint density at radius 1 is 1.07 bits per heavy atom. The Morgan fingerprint density at radius 2 is 1.69 bits per heavy atom. The number of benzene rings is 2. The number of nitrogens with one attached hydrogen (secondary N) is 1. The second kappa shape index (κ2) is 8.77. The van der Waals surface area contributed by atoms with Gasteiger partial charge in [-0.1, -0.05) is 25.4 Å². The predicted molar refractivity (Wildman–Crippen MR) is 113 cm³/mol. The molecule has 1 amide bonds. The van der Waals surface area contributed by atoms with Crippen molar-refractivity contribution in [1.29, 1.82) is 0 Å². The van der Waals surface area contributed by atoms with E-state index in [0.29, 0.717) is 29.5 Å². The van der Waals surface area contributed by atoms with Gasteiger partial charge in [0, 0.05) is 35.7 Å². The number of rotatable bonds is 7. The van der Waals surface area contributed by atoms with E-state index in [4.69, 9.17) is 11.6 Å².